The number of ether oxygens (including phenoxy) is 3. The molecule has 30 heavy (non-hydrogen) atoms. The Morgan fingerprint density at radius 3 is 2.80 bits per heavy atom. The van der Waals surface area contributed by atoms with Gasteiger partial charge in [0.2, 0.25) is 0 Å². The minimum atomic E-state index is 0. The van der Waals surface area contributed by atoms with Gasteiger partial charge in [0.15, 0.2) is 5.75 Å². The third-order valence-corrected chi connectivity index (χ3v) is 4.91. The number of methoxy groups -OCH3 is 2. The summed E-state index contributed by atoms with van der Waals surface area (Å²) in [6.07, 6.45) is 5.96. The van der Waals surface area contributed by atoms with Crippen LogP contribution in [0.1, 0.15) is 24.1 Å². The largest absolute Gasteiger partial charge is 0.491 e. The normalized spacial score (nSPS) is 12.9. The summed E-state index contributed by atoms with van der Waals surface area (Å²) in [5.41, 5.74) is 3.77. The molecule has 1 aliphatic heterocycles. The number of aromatic nitrogens is 4. The molecule has 0 saturated heterocycles. The third-order valence-electron chi connectivity index (χ3n) is 4.91. The van der Waals surface area contributed by atoms with E-state index in [0.29, 0.717) is 24.8 Å². The molecular weight excluding hydrogens is 402 g/mol. The molecule has 9 heteroatoms. The molecule has 8 nitrogen and oxygen atoms in total. The number of fused-ring (bicyclic) bond motifs is 1. The average Bonchev–Trinajstić information content (AvgIpc) is 3.26. The minimum absolute atomic E-state index is 0. The van der Waals surface area contributed by atoms with Gasteiger partial charge in [-0.15, -0.1) is 0 Å². The standard InChI is InChI=1S/C21H23N5O3.H2S/c1-13(15-4-6-22-16-5-7-29-20(15)16)10-23-19-9-17(25-12-26-19)14-8-18(27-2)21(28-3)24-11-14;/h4,6,8-9,11-13H,5,7,10H2,1-3H3,(H,23,25,26);1H2/t13-;/m1./s1. The number of hydrogen-bond donors (Lipinski definition) is 1. The van der Waals surface area contributed by atoms with E-state index in [9.17, 15) is 0 Å². The van der Waals surface area contributed by atoms with Crippen LogP contribution in [0.5, 0.6) is 17.4 Å². The van der Waals surface area contributed by atoms with Crippen molar-refractivity contribution in [2.75, 3.05) is 32.7 Å². The average molecular weight is 428 g/mol. The Bertz CT molecular complexity index is 1020. The third kappa shape index (κ3) is 4.40. The zero-order valence-corrected chi connectivity index (χ0v) is 18.2. The van der Waals surface area contributed by atoms with Gasteiger partial charge < -0.3 is 19.5 Å². The van der Waals surface area contributed by atoms with E-state index in [-0.39, 0.29) is 19.4 Å². The summed E-state index contributed by atoms with van der Waals surface area (Å²) in [6.45, 7) is 3.57. The first-order valence-electron chi connectivity index (χ1n) is 9.44. The number of anilines is 1. The van der Waals surface area contributed by atoms with Gasteiger partial charge in [-0.05, 0) is 12.1 Å². The highest BCUT2D eigenvalue weighted by atomic mass is 32.1. The molecule has 0 bridgehead atoms. The molecule has 0 unspecified atom stereocenters. The lowest BCUT2D eigenvalue weighted by molar-refractivity contribution is 0.343. The van der Waals surface area contributed by atoms with Crippen molar-refractivity contribution in [1.82, 2.24) is 19.9 Å². The van der Waals surface area contributed by atoms with E-state index in [0.717, 1.165) is 34.9 Å². The molecule has 0 amide bonds. The summed E-state index contributed by atoms with van der Waals surface area (Å²) in [5, 5.41) is 3.39. The second-order valence-corrected chi connectivity index (χ2v) is 6.78. The van der Waals surface area contributed by atoms with E-state index < -0.39 is 0 Å². The van der Waals surface area contributed by atoms with Crippen LogP contribution in [0.2, 0.25) is 0 Å². The number of nitrogens with one attached hydrogen (secondary N) is 1. The van der Waals surface area contributed by atoms with Crippen LogP contribution in [-0.4, -0.2) is 47.3 Å². The van der Waals surface area contributed by atoms with E-state index in [4.69, 9.17) is 14.2 Å². The molecule has 0 aromatic carbocycles. The second-order valence-electron chi connectivity index (χ2n) is 6.78. The first-order chi connectivity index (χ1) is 14.2. The van der Waals surface area contributed by atoms with Crippen LogP contribution in [-0.2, 0) is 6.42 Å². The van der Waals surface area contributed by atoms with Crippen molar-refractivity contribution in [3.8, 4) is 28.6 Å². The highest BCUT2D eigenvalue weighted by Gasteiger charge is 2.21. The summed E-state index contributed by atoms with van der Waals surface area (Å²) < 4.78 is 16.3. The Morgan fingerprint density at radius 2 is 2.00 bits per heavy atom. The van der Waals surface area contributed by atoms with Crippen LogP contribution in [0, 0.1) is 0 Å². The number of rotatable bonds is 7. The van der Waals surface area contributed by atoms with E-state index in [1.165, 1.54) is 11.9 Å². The minimum Gasteiger partial charge on any atom is -0.491 e. The summed E-state index contributed by atoms with van der Waals surface area (Å²) >= 11 is 0. The molecule has 0 radical (unpaired) electrons. The summed E-state index contributed by atoms with van der Waals surface area (Å²) in [5.74, 6) is 2.90. The number of nitrogens with zero attached hydrogens (tertiary/aromatic N) is 4. The van der Waals surface area contributed by atoms with Crippen molar-refractivity contribution in [2.45, 2.75) is 19.3 Å². The van der Waals surface area contributed by atoms with Gasteiger partial charge in [-0.1, -0.05) is 6.92 Å². The molecule has 0 saturated carbocycles. The zero-order valence-electron chi connectivity index (χ0n) is 17.2. The molecule has 158 valence electrons. The van der Waals surface area contributed by atoms with E-state index >= 15 is 0 Å². The lowest BCUT2D eigenvalue weighted by Crippen LogP contribution is -2.12. The topological polar surface area (TPSA) is 91.3 Å². The molecule has 0 spiro atoms. The fourth-order valence-corrected chi connectivity index (χ4v) is 3.34. The highest BCUT2D eigenvalue weighted by molar-refractivity contribution is 7.59. The summed E-state index contributed by atoms with van der Waals surface area (Å²) in [7, 11) is 3.14. The zero-order chi connectivity index (χ0) is 20.2. The van der Waals surface area contributed by atoms with E-state index in [2.05, 4.69) is 32.2 Å². The summed E-state index contributed by atoms with van der Waals surface area (Å²) in [6, 6.07) is 5.76. The molecule has 4 heterocycles. The quantitative estimate of drug-likeness (QED) is 0.615. The predicted octanol–water partition coefficient (Wildman–Crippen LogP) is 3.21. The Labute approximate surface area is 182 Å². The van der Waals surface area contributed by atoms with E-state index in [1.807, 2.05) is 24.4 Å². The first kappa shape index (κ1) is 21.6. The maximum absolute atomic E-state index is 5.78. The monoisotopic (exact) mass is 427 g/mol. The second kappa shape index (κ2) is 9.62. The maximum atomic E-state index is 5.78. The van der Waals surface area contributed by atoms with Crippen molar-refractivity contribution < 1.29 is 14.2 Å². The molecular formula is C21H25N5O3S. The van der Waals surface area contributed by atoms with Gasteiger partial charge in [0.05, 0.1) is 32.2 Å². The van der Waals surface area contributed by atoms with Crippen LogP contribution in [0.3, 0.4) is 0 Å². The molecule has 4 rings (SSSR count). The molecule has 1 aliphatic rings. The molecule has 3 aromatic heterocycles. The van der Waals surface area contributed by atoms with Crippen LogP contribution in [0.4, 0.5) is 5.82 Å². The Kier molecular flexibility index (Phi) is 6.94. The van der Waals surface area contributed by atoms with Crippen LogP contribution in [0.25, 0.3) is 11.3 Å². The van der Waals surface area contributed by atoms with Crippen molar-refractivity contribution in [1.29, 1.82) is 0 Å². The van der Waals surface area contributed by atoms with Gasteiger partial charge in [-0.2, -0.15) is 13.5 Å². The van der Waals surface area contributed by atoms with Gasteiger partial charge in [0, 0.05) is 48.5 Å². The van der Waals surface area contributed by atoms with Crippen molar-refractivity contribution in [3.63, 3.8) is 0 Å². The fraction of sp³-hybridized carbons (Fsp3) is 0.333. The maximum Gasteiger partial charge on any atom is 0.256 e. The Morgan fingerprint density at radius 1 is 1.13 bits per heavy atom. The Balaban J connectivity index is 0.00000256. The smallest absolute Gasteiger partial charge is 0.256 e. The lowest BCUT2D eigenvalue weighted by Gasteiger charge is -2.16. The van der Waals surface area contributed by atoms with Crippen LogP contribution < -0.4 is 19.5 Å². The van der Waals surface area contributed by atoms with Crippen LogP contribution >= 0.6 is 13.5 Å². The summed E-state index contributed by atoms with van der Waals surface area (Å²) in [4.78, 5) is 17.4. The SMILES string of the molecule is COc1cc(-c2cc(NC[C@@H](C)c3ccnc4c3OCC4)ncn2)cnc1OC.S. The van der Waals surface area contributed by atoms with Crippen molar-refractivity contribution in [3.05, 3.63) is 48.2 Å². The van der Waals surface area contributed by atoms with Gasteiger partial charge in [-0.3, -0.25) is 4.98 Å². The first-order valence-corrected chi connectivity index (χ1v) is 9.44. The van der Waals surface area contributed by atoms with Crippen molar-refractivity contribution >= 4 is 19.3 Å². The number of hydrogen-bond acceptors (Lipinski definition) is 8. The molecule has 0 fully saturated rings. The molecule has 1 N–H and O–H groups in total. The van der Waals surface area contributed by atoms with Crippen LogP contribution in [0.15, 0.2) is 36.9 Å². The van der Waals surface area contributed by atoms with Gasteiger partial charge in [-0.25, -0.2) is 15.0 Å². The number of pyridine rings is 2. The molecule has 1 atom stereocenters. The highest BCUT2D eigenvalue weighted by Crippen LogP contribution is 2.33. The molecule has 3 aromatic rings. The molecule has 0 aliphatic carbocycles. The van der Waals surface area contributed by atoms with E-state index in [1.54, 1.807) is 20.4 Å². The fourth-order valence-electron chi connectivity index (χ4n) is 3.34. The van der Waals surface area contributed by atoms with Gasteiger partial charge in [0.1, 0.15) is 17.9 Å². The lowest BCUT2D eigenvalue weighted by atomic mass is 10.00. The van der Waals surface area contributed by atoms with Gasteiger partial charge >= 0.3 is 0 Å². The van der Waals surface area contributed by atoms with Crippen molar-refractivity contribution in [2.24, 2.45) is 0 Å². The predicted molar refractivity (Wildman–Crippen MR) is 119 cm³/mol. The Hall–Kier alpha value is -3.07. The van der Waals surface area contributed by atoms with Gasteiger partial charge in [0.25, 0.3) is 5.88 Å².